The highest BCUT2D eigenvalue weighted by atomic mass is 32.1. The summed E-state index contributed by atoms with van der Waals surface area (Å²) in [6.45, 7) is 2.78. The molecule has 106 valence electrons. The number of aryl methyl sites for hydroxylation is 1. The molecule has 0 saturated carbocycles. The fourth-order valence-corrected chi connectivity index (χ4v) is 3.10. The number of nitrogens with zero attached hydrogens (tertiary/aromatic N) is 2. The molecule has 0 amide bonds. The zero-order valence-corrected chi connectivity index (χ0v) is 12.2. The Morgan fingerprint density at radius 1 is 1.29 bits per heavy atom. The Kier molecular flexibility index (Phi) is 3.53. The molecule has 21 heavy (non-hydrogen) atoms. The van der Waals surface area contributed by atoms with Gasteiger partial charge in [0.05, 0.1) is 10.3 Å². The van der Waals surface area contributed by atoms with E-state index in [4.69, 9.17) is 0 Å². The van der Waals surface area contributed by atoms with Gasteiger partial charge >= 0.3 is 0 Å². The van der Waals surface area contributed by atoms with Gasteiger partial charge in [-0.15, -0.1) is 11.3 Å². The first-order valence-corrected chi connectivity index (χ1v) is 7.33. The number of nitro groups is 1. The maximum atomic E-state index is 11.1. The number of nitro benzene ring substituents is 1. The molecule has 0 aliphatic carbocycles. The van der Waals surface area contributed by atoms with Crippen molar-refractivity contribution in [3.63, 3.8) is 0 Å². The number of hydrogen-bond acceptors (Lipinski definition) is 5. The highest BCUT2D eigenvalue weighted by molar-refractivity contribution is 7.10. The molecule has 1 N–H and O–H groups in total. The van der Waals surface area contributed by atoms with E-state index in [0.717, 1.165) is 11.1 Å². The Bertz CT molecular complexity index is 814. The lowest BCUT2D eigenvalue weighted by molar-refractivity contribution is -0.383. The second kappa shape index (κ2) is 5.49. The largest absolute Gasteiger partial charge is 0.380 e. The van der Waals surface area contributed by atoms with E-state index in [-0.39, 0.29) is 10.6 Å². The van der Waals surface area contributed by atoms with Crippen LogP contribution in [0, 0.1) is 17.0 Å². The third-order valence-corrected chi connectivity index (χ3v) is 4.42. The Morgan fingerprint density at radius 2 is 2.14 bits per heavy atom. The molecule has 0 atom stereocenters. The van der Waals surface area contributed by atoms with Crippen molar-refractivity contribution in [1.82, 2.24) is 4.98 Å². The number of anilines is 1. The van der Waals surface area contributed by atoms with Crippen LogP contribution in [0.25, 0.3) is 10.8 Å². The van der Waals surface area contributed by atoms with E-state index < -0.39 is 0 Å². The first kappa shape index (κ1) is 13.5. The van der Waals surface area contributed by atoms with E-state index >= 15 is 0 Å². The average Bonchev–Trinajstić information content (AvgIpc) is 2.89. The Labute approximate surface area is 125 Å². The fraction of sp³-hybridized carbons (Fsp3) is 0.133. The van der Waals surface area contributed by atoms with Crippen LogP contribution in [0.2, 0.25) is 0 Å². The van der Waals surface area contributed by atoms with Gasteiger partial charge in [-0.2, -0.15) is 0 Å². The third-order valence-electron chi connectivity index (χ3n) is 3.40. The number of hydrogen-bond donors (Lipinski definition) is 1. The third kappa shape index (κ3) is 2.57. The predicted molar refractivity (Wildman–Crippen MR) is 84.8 cm³/mol. The van der Waals surface area contributed by atoms with Crippen LogP contribution in [-0.2, 0) is 6.54 Å². The van der Waals surface area contributed by atoms with Crippen molar-refractivity contribution in [1.29, 1.82) is 0 Å². The molecule has 2 aromatic heterocycles. The maximum Gasteiger partial charge on any atom is 0.278 e. The predicted octanol–water partition coefficient (Wildman–Crippen LogP) is 4.13. The summed E-state index contributed by atoms with van der Waals surface area (Å²) in [5.41, 5.74) is 2.21. The van der Waals surface area contributed by atoms with Crippen molar-refractivity contribution in [3.05, 3.63) is 62.6 Å². The minimum absolute atomic E-state index is 0.0796. The van der Waals surface area contributed by atoms with Crippen LogP contribution in [0.3, 0.4) is 0 Å². The molecule has 0 aliphatic heterocycles. The van der Waals surface area contributed by atoms with Crippen molar-refractivity contribution in [2.24, 2.45) is 0 Å². The van der Waals surface area contributed by atoms with Gasteiger partial charge in [-0.3, -0.25) is 15.1 Å². The van der Waals surface area contributed by atoms with Gasteiger partial charge in [0.1, 0.15) is 0 Å². The van der Waals surface area contributed by atoms with Crippen LogP contribution >= 0.6 is 11.3 Å². The molecule has 1 aromatic carbocycles. The highest BCUT2D eigenvalue weighted by Crippen LogP contribution is 2.31. The van der Waals surface area contributed by atoms with Gasteiger partial charge in [0.2, 0.25) is 0 Å². The highest BCUT2D eigenvalue weighted by Gasteiger charge is 2.14. The molecule has 0 unspecified atom stereocenters. The summed E-state index contributed by atoms with van der Waals surface area (Å²) >= 11 is 1.70. The van der Waals surface area contributed by atoms with Gasteiger partial charge in [-0.1, -0.05) is 0 Å². The van der Waals surface area contributed by atoms with E-state index in [2.05, 4.69) is 28.7 Å². The number of aromatic nitrogens is 1. The summed E-state index contributed by atoms with van der Waals surface area (Å²) in [6, 6.07) is 7.16. The van der Waals surface area contributed by atoms with E-state index in [0.29, 0.717) is 11.9 Å². The quantitative estimate of drug-likeness (QED) is 0.581. The van der Waals surface area contributed by atoms with Crippen LogP contribution in [-0.4, -0.2) is 9.91 Å². The Balaban J connectivity index is 1.98. The molecule has 6 heteroatoms. The lowest BCUT2D eigenvalue weighted by Gasteiger charge is -2.09. The summed E-state index contributed by atoms with van der Waals surface area (Å²) in [5, 5.41) is 17.9. The second-order valence-corrected chi connectivity index (χ2v) is 5.69. The number of pyridine rings is 1. The van der Waals surface area contributed by atoms with Crippen LogP contribution in [0.15, 0.2) is 42.0 Å². The summed E-state index contributed by atoms with van der Waals surface area (Å²) < 4.78 is 0. The summed E-state index contributed by atoms with van der Waals surface area (Å²) in [5.74, 6) is 0. The summed E-state index contributed by atoms with van der Waals surface area (Å²) in [6.07, 6.45) is 3.18. The zero-order valence-electron chi connectivity index (χ0n) is 11.4. The zero-order chi connectivity index (χ0) is 14.8. The van der Waals surface area contributed by atoms with Crippen molar-refractivity contribution in [2.45, 2.75) is 13.5 Å². The monoisotopic (exact) mass is 299 g/mol. The normalized spacial score (nSPS) is 10.7. The molecule has 2 heterocycles. The maximum absolute atomic E-state index is 11.1. The molecule has 3 rings (SSSR count). The van der Waals surface area contributed by atoms with Crippen LogP contribution < -0.4 is 5.32 Å². The van der Waals surface area contributed by atoms with Gasteiger partial charge in [0.25, 0.3) is 5.69 Å². The molecular weight excluding hydrogens is 286 g/mol. The summed E-state index contributed by atoms with van der Waals surface area (Å²) in [4.78, 5) is 15.9. The topological polar surface area (TPSA) is 68.1 Å². The molecule has 0 bridgehead atoms. The smallest absolute Gasteiger partial charge is 0.278 e. The molecule has 0 aliphatic rings. The van der Waals surface area contributed by atoms with Crippen LogP contribution in [0.1, 0.15) is 10.4 Å². The molecule has 3 aromatic rings. The molecule has 5 nitrogen and oxygen atoms in total. The fourth-order valence-electron chi connectivity index (χ4n) is 2.25. The minimum atomic E-state index is -0.378. The lowest BCUT2D eigenvalue weighted by atomic mass is 10.1. The van der Waals surface area contributed by atoms with E-state index in [1.165, 1.54) is 22.7 Å². The van der Waals surface area contributed by atoms with E-state index in [1.54, 1.807) is 29.7 Å². The van der Waals surface area contributed by atoms with Gasteiger partial charge in [0, 0.05) is 41.0 Å². The van der Waals surface area contributed by atoms with Crippen molar-refractivity contribution in [3.8, 4) is 0 Å². The number of benzene rings is 1. The second-order valence-electron chi connectivity index (χ2n) is 4.69. The summed E-state index contributed by atoms with van der Waals surface area (Å²) in [7, 11) is 0. The van der Waals surface area contributed by atoms with Crippen molar-refractivity contribution < 1.29 is 4.92 Å². The number of nitrogens with one attached hydrogen (secondary N) is 1. The Hall–Kier alpha value is -2.47. The van der Waals surface area contributed by atoms with E-state index in [9.17, 15) is 10.1 Å². The van der Waals surface area contributed by atoms with Gasteiger partial charge < -0.3 is 5.32 Å². The number of fused-ring (bicyclic) bond motifs is 1. The first-order valence-electron chi connectivity index (χ1n) is 6.45. The van der Waals surface area contributed by atoms with E-state index in [1.807, 2.05) is 0 Å². The lowest BCUT2D eigenvalue weighted by Crippen LogP contribution is -2.00. The average molecular weight is 299 g/mol. The van der Waals surface area contributed by atoms with Crippen molar-refractivity contribution >= 4 is 33.5 Å². The molecule has 0 spiro atoms. The molecule has 0 radical (unpaired) electrons. The van der Waals surface area contributed by atoms with Gasteiger partial charge in [0.15, 0.2) is 0 Å². The molecular formula is C15H13N3O2S. The van der Waals surface area contributed by atoms with Crippen LogP contribution in [0.4, 0.5) is 11.4 Å². The minimum Gasteiger partial charge on any atom is -0.380 e. The van der Waals surface area contributed by atoms with Gasteiger partial charge in [-0.05, 0) is 36.1 Å². The first-order chi connectivity index (χ1) is 10.2. The molecule has 0 saturated heterocycles. The number of rotatable bonds is 4. The Morgan fingerprint density at radius 3 is 2.86 bits per heavy atom. The SMILES string of the molecule is Cc1ccsc1CNc1ccc([N+](=O)[O-])c2cnccc12. The van der Waals surface area contributed by atoms with Crippen LogP contribution in [0.5, 0.6) is 0 Å². The number of non-ortho nitro benzene ring substituents is 1. The standard InChI is InChI=1S/C15H13N3O2S/c1-10-5-7-21-15(10)9-17-13-2-3-14(18(19)20)12-8-16-6-4-11(12)13/h2-8,17H,9H2,1H3. The van der Waals surface area contributed by atoms with Gasteiger partial charge in [-0.25, -0.2) is 0 Å². The number of thiophene rings is 1. The van der Waals surface area contributed by atoms with Crippen molar-refractivity contribution in [2.75, 3.05) is 5.32 Å². The molecule has 0 fully saturated rings.